The van der Waals surface area contributed by atoms with Gasteiger partial charge in [-0.05, 0) is 46.9 Å². The number of carbonyl (C=O) groups is 2. The Bertz CT molecular complexity index is 390. The van der Waals surface area contributed by atoms with Crippen LogP contribution in [0.3, 0.4) is 0 Å². The highest BCUT2D eigenvalue weighted by atomic mass is 127. The summed E-state index contributed by atoms with van der Waals surface area (Å²) in [6, 6.07) is 5.39. The zero-order chi connectivity index (χ0) is 12.1. The lowest BCUT2D eigenvalue weighted by molar-refractivity contribution is -0.140. The minimum atomic E-state index is -1.27. The summed E-state index contributed by atoms with van der Waals surface area (Å²) in [6.07, 6.45) is 0. The number of halogens is 1. The van der Waals surface area contributed by atoms with E-state index in [0.29, 0.717) is 5.56 Å². The fourth-order valence-corrected chi connectivity index (χ4v) is 1.39. The van der Waals surface area contributed by atoms with Crippen LogP contribution in [0.15, 0.2) is 24.3 Å². The molecule has 0 heterocycles. The van der Waals surface area contributed by atoms with E-state index in [-0.39, 0.29) is 0 Å². The van der Waals surface area contributed by atoms with Gasteiger partial charge in [0.25, 0.3) is 5.91 Å². The Morgan fingerprint density at radius 1 is 1.31 bits per heavy atom. The van der Waals surface area contributed by atoms with Crippen molar-refractivity contribution in [2.24, 2.45) is 0 Å². The van der Waals surface area contributed by atoms with Crippen molar-refractivity contribution < 1.29 is 19.8 Å². The lowest BCUT2D eigenvalue weighted by atomic mass is 10.2. The zero-order valence-corrected chi connectivity index (χ0v) is 10.3. The number of hydrogen-bond acceptors (Lipinski definition) is 3. The minimum absolute atomic E-state index is 0.361. The fraction of sp³-hybridized carbons (Fsp3) is 0.200. The number of benzene rings is 1. The maximum absolute atomic E-state index is 11.5. The molecule has 5 nitrogen and oxygen atoms in total. The Morgan fingerprint density at radius 3 is 2.31 bits per heavy atom. The molecule has 6 heteroatoms. The predicted octanol–water partition coefficient (Wildman–Crippen LogP) is 0.467. The van der Waals surface area contributed by atoms with E-state index in [2.05, 4.69) is 27.9 Å². The second-order valence-corrected chi connectivity index (χ2v) is 4.30. The van der Waals surface area contributed by atoms with E-state index < -0.39 is 24.5 Å². The van der Waals surface area contributed by atoms with Crippen LogP contribution in [-0.4, -0.2) is 34.7 Å². The molecule has 1 aromatic carbocycles. The molecule has 0 saturated carbocycles. The third-order valence-corrected chi connectivity index (χ3v) is 2.61. The van der Waals surface area contributed by atoms with E-state index in [1.807, 2.05) is 0 Å². The van der Waals surface area contributed by atoms with Gasteiger partial charge in [0.2, 0.25) is 0 Å². The first-order valence-electron chi connectivity index (χ1n) is 4.44. The number of hydrogen-bond donors (Lipinski definition) is 3. The summed E-state index contributed by atoms with van der Waals surface area (Å²) in [5, 5.41) is 19.6. The van der Waals surface area contributed by atoms with Crippen LogP contribution in [0.4, 0.5) is 0 Å². The Hall–Kier alpha value is -1.15. The number of carboxylic acid groups (broad SMARTS) is 1. The van der Waals surface area contributed by atoms with Gasteiger partial charge < -0.3 is 15.5 Å². The maximum Gasteiger partial charge on any atom is 0.328 e. The van der Waals surface area contributed by atoms with Gasteiger partial charge in [0.05, 0.1) is 6.61 Å². The third-order valence-electron chi connectivity index (χ3n) is 1.89. The molecule has 0 saturated heterocycles. The molecule has 0 aliphatic rings. The van der Waals surface area contributed by atoms with Gasteiger partial charge in [-0.15, -0.1) is 0 Å². The van der Waals surface area contributed by atoms with Crippen molar-refractivity contribution in [2.45, 2.75) is 6.04 Å². The molecule has 0 aliphatic heterocycles. The summed E-state index contributed by atoms with van der Waals surface area (Å²) in [5.41, 5.74) is 0.361. The van der Waals surface area contributed by atoms with Gasteiger partial charge in [0.15, 0.2) is 6.04 Å². The van der Waals surface area contributed by atoms with Gasteiger partial charge >= 0.3 is 5.97 Å². The van der Waals surface area contributed by atoms with Crippen molar-refractivity contribution >= 4 is 34.5 Å². The van der Waals surface area contributed by atoms with Crippen LogP contribution in [0, 0.1) is 3.57 Å². The molecule has 0 radical (unpaired) electrons. The van der Waals surface area contributed by atoms with Crippen LogP contribution < -0.4 is 5.32 Å². The van der Waals surface area contributed by atoms with Gasteiger partial charge in [-0.1, -0.05) is 0 Å². The number of carbonyl (C=O) groups excluding carboxylic acids is 1. The molecule has 16 heavy (non-hydrogen) atoms. The monoisotopic (exact) mass is 335 g/mol. The number of nitrogens with one attached hydrogen (secondary N) is 1. The van der Waals surface area contributed by atoms with Gasteiger partial charge in [-0.25, -0.2) is 4.79 Å². The molecular formula is C10H10INO4. The van der Waals surface area contributed by atoms with Gasteiger partial charge in [-0.2, -0.15) is 0 Å². The first-order valence-corrected chi connectivity index (χ1v) is 5.52. The zero-order valence-electron chi connectivity index (χ0n) is 8.18. The van der Waals surface area contributed by atoms with E-state index in [9.17, 15) is 9.59 Å². The van der Waals surface area contributed by atoms with Crippen molar-refractivity contribution in [3.63, 3.8) is 0 Å². The topological polar surface area (TPSA) is 86.6 Å². The van der Waals surface area contributed by atoms with Crippen LogP contribution in [0.25, 0.3) is 0 Å². The Labute approximate surface area is 106 Å². The number of amides is 1. The van der Waals surface area contributed by atoms with E-state index >= 15 is 0 Å². The molecule has 86 valence electrons. The number of aliphatic carboxylic acids is 1. The normalized spacial score (nSPS) is 11.9. The number of rotatable bonds is 4. The molecule has 3 N–H and O–H groups in total. The second kappa shape index (κ2) is 5.80. The van der Waals surface area contributed by atoms with Crippen molar-refractivity contribution in [3.05, 3.63) is 33.4 Å². The maximum atomic E-state index is 11.5. The third kappa shape index (κ3) is 3.46. The summed E-state index contributed by atoms with van der Waals surface area (Å²) < 4.78 is 0.978. The molecule has 1 atom stereocenters. The highest BCUT2D eigenvalue weighted by molar-refractivity contribution is 14.1. The van der Waals surface area contributed by atoms with Crippen molar-refractivity contribution in [2.75, 3.05) is 6.61 Å². The van der Waals surface area contributed by atoms with E-state index in [1.54, 1.807) is 24.3 Å². The molecule has 1 amide bonds. The van der Waals surface area contributed by atoms with Gasteiger partial charge in [0.1, 0.15) is 0 Å². The van der Waals surface area contributed by atoms with Gasteiger partial charge in [-0.3, -0.25) is 4.79 Å². The van der Waals surface area contributed by atoms with Crippen LogP contribution in [-0.2, 0) is 4.79 Å². The number of aliphatic hydroxyl groups excluding tert-OH is 1. The Kier molecular flexibility index (Phi) is 4.69. The Morgan fingerprint density at radius 2 is 1.88 bits per heavy atom. The molecule has 0 spiro atoms. The number of aliphatic hydroxyl groups is 1. The fourth-order valence-electron chi connectivity index (χ4n) is 1.03. The predicted molar refractivity (Wildman–Crippen MR) is 65.1 cm³/mol. The van der Waals surface area contributed by atoms with Crippen LogP contribution in [0.2, 0.25) is 0 Å². The highest BCUT2D eigenvalue weighted by Gasteiger charge is 2.19. The molecule has 0 fully saturated rings. The largest absolute Gasteiger partial charge is 0.480 e. The van der Waals surface area contributed by atoms with Crippen LogP contribution in [0.5, 0.6) is 0 Å². The van der Waals surface area contributed by atoms with Gasteiger partial charge in [0, 0.05) is 9.13 Å². The highest BCUT2D eigenvalue weighted by Crippen LogP contribution is 2.06. The minimum Gasteiger partial charge on any atom is -0.480 e. The molecule has 1 aromatic rings. The molecule has 1 rings (SSSR count). The van der Waals surface area contributed by atoms with Crippen LogP contribution >= 0.6 is 22.6 Å². The smallest absolute Gasteiger partial charge is 0.328 e. The van der Waals surface area contributed by atoms with Crippen molar-refractivity contribution in [1.82, 2.24) is 5.32 Å². The summed E-state index contributed by atoms with van der Waals surface area (Å²) in [4.78, 5) is 22.1. The average Bonchev–Trinajstić information content (AvgIpc) is 2.26. The summed E-state index contributed by atoms with van der Waals surface area (Å²) in [7, 11) is 0. The molecule has 0 aromatic heterocycles. The summed E-state index contributed by atoms with van der Waals surface area (Å²) >= 11 is 2.10. The lowest BCUT2D eigenvalue weighted by Crippen LogP contribution is -2.43. The summed E-state index contributed by atoms with van der Waals surface area (Å²) in [6.45, 7) is -0.633. The quantitative estimate of drug-likeness (QED) is 0.698. The van der Waals surface area contributed by atoms with Crippen molar-refractivity contribution in [1.29, 1.82) is 0 Å². The second-order valence-electron chi connectivity index (χ2n) is 3.05. The summed E-state index contributed by atoms with van der Waals surface area (Å²) in [5.74, 6) is -1.78. The van der Waals surface area contributed by atoms with Crippen molar-refractivity contribution in [3.8, 4) is 0 Å². The first kappa shape index (κ1) is 12.9. The average molecular weight is 335 g/mol. The standard InChI is InChI=1S/C10H10INO4/c11-7-3-1-6(2-4-7)9(14)12-8(5-13)10(15)16/h1-4,8,13H,5H2,(H,12,14)(H,15,16)/t8-/m1/s1. The first-order chi connectivity index (χ1) is 7.54. The SMILES string of the molecule is O=C(N[C@H](CO)C(=O)O)c1ccc(I)cc1. The molecule has 0 unspecified atom stereocenters. The van der Waals surface area contributed by atoms with Crippen LogP contribution in [0.1, 0.15) is 10.4 Å². The van der Waals surface area contributed by atoms with E-state index in [0.717, 1.165) is 3.57 Å². The Balaban J connectivity index is 2.71. The molecule has 0 bridgehead atoms. The van der Waals surface area contributed by atoms with E-state index in [1.165, 1.54) is 0 Å². The molecular weight excluding hydrogens is 325 g/mol. The molecule has 0 aliphatic carbocycles. The number of carboxylic acids is 1. The van der Waals surface area contributed by atoms with E-state index in [4.69, 9.17) is 10.2 Å². The lowest BCUT2D eigenvalue weighted by Gasteiger charge is -2.11.